The Morgan fingerprint density at radius 1 is 0.920 bits per heavy atom. The summed E-state index contributed by atoms with van der Waals surface area (Å²) in [5.74, 6) is 1.34. The predicted molar refractivity (Wildman–Crippen MR) is 98.4 cm³/mol. The van der Waals surface area contributed by atoms with E-state index in [0.29, 0.717) is 18.3 Å². The van der Waals surface area contributed by atoms with Crippen molar-refractivity contribution in [2.75, 3.05) is 31.1 Å². The molecule has 2 heterocycles. The van der Waals surface area contributed by atoms with Gasteiger partial charge in [0.15, 0.2) is 0 Å². The Morgan fingerprint density at radius 3 is 2.40 bits per heavy atom. The van der Waals surface area contributed by atoms with Crippen molar-refractivity contribution < 1.29 is 4.52 Å². The van der Waals surface area contributed by atoms with Crippen LogP contribution in [0.3, 0.4) is 0 Å². The smallest absolute Gasteiger partial charge is 0.241 e. The van der Waals surface area contributed by atoms with Crippen molar-refractivity contribution >= 4 is 5.69 Å². The number of anilines is 1. The van der Waals surface area contributed by atoms with E-state index in [1.165, 1.54) is 11.3 Å². The molecule has 2 aromatic carbocycles. The predicted octanol–water partition coefficient (Wildman–Crippen LogP) is 3.37. The number of benzene rings is 2. The summed E-state index contributed by atoms with van der Waals surface area (Å²) in [6.45, 7) is 6.91. The third-order valence-electron chi connectivity index (χ3n) is 4.69. The van der Waals surface area contributed by atoms with Crippen LogP contribution in [0.4, 0.5) is 5.69 Å². The van der Waals surface area contributed by atoms with Gasteiger partial charge in [-0.1, -0.05) is 53.7 Å². The molecule has 3 aromatic rings. The maximum atomic E-state index is 5.44. The number of aromatic nitrogens is 2. The summed E-state index contributed by atoms with van der Waals surface area (Å²) in [6, 6.07) is 18.5. The lowest BCUT2D eigenvalue weighted by molar-refractivity contribution is 0.215. The van der Waals surface area contributed by atoms with E-state index in [9.17, 15) is 0 Å². The van der Waals surface area contributed by atoms with E-state index in [-0.39, 0.29) is 0 Å². The van der Waals surface area contributed by atoms with Crippen molar-refractivity contribution in [2.24, 2.45) is 0 Å². The van der Waals surface area contributed by atoms with E-state index in [1.807, 2.05) is 30.3 Å². The molecule has 4 rings (SSSR count). The molecule has 5 nitrogen and oxygen atoms in total. The highest BCUT2D eigenvalue weighted by atomic mass is 16.5. The Balaban J connectivity index is 1.36. The van der Waals surface area contributed by atoms with E-state index < -0.39 is 0 Å². The normalized spacial score (nSPS) is 15.5. The van der Waals surface area contributed by atoms with Crippen LogP contribution in [-0.2, 0) is 6.54 Å². The first-order chi connectivity index (χ1) is 12.3. The topological polar surface area (TPSA) is 45.4 Å². The zero-order valence-electron chi connectivity index (χ0n) is 14.4. The van der Waals surface area contributed by atoms with Gasteiger partial charge < -0.3 is 9.42 Å². The maximum Gasteiger partial charge on any atom is 0.241 e. The molecule has 0 N–H and O–H groups in total. The largest absolute Gasteiger partial charge is 0.369 e. The van der Waals surface area contributed by atoms with Crippen LogP contribution >= 0.6 is 0 Å². The summed E-state index contributed by atoms with van der Waals surface area (Å²) in [6.07, 6.45) is 0. The fraction of sp³-hybridized carbons (Fsp3) is 0.300. The van der Waals surface area contributed by atoms with Crippen molar-refractivity contribution in [1.82, 2.24) is 15.0 Å². The van der Waals surface area contributed by atoms with E-state index >= 15 is 0 Å². The summed E-state index contributed by atoms with van der Waals surface area (Å²) >= 11 is 0. The number of para-hydroxylation sites is 1. The van der Waals surface area contributed by atoms with Gasteiger partial charge in [-0.15, -0.1) is 0 Å². The highest BCUT2D eigenvalue weighted by Gasteiger charge is 2.20. The molecule has 25 heavy (non-hydrogen) atoms. The van der Waals surface area contributed by atoms with Gasteiger partial charge in [0.2, 0.25) is 11.7 Å². The Labute approximate surface area is 147 Å². The molecule has 0 aliphatic carbocycles. The standard InChI is InChI=1S/C20H22N4O/c1-16-7-5-6-10-18(16)24-13-11-23(12-14-24)15-19-21-20(22-25-19)17-8-3-2-4-9-17/h2-10H,11-15H2,1H3. The van der Waals surface area contributed by atoms with Crippen LogP contribution in [0.1, 0.15) is 11.5 Å². The number of hydrogen-bond donors (Lipinski definition) is 0. The second-order valence-electron chi connectivity index (χ2n) is 6.43. The molecule has 1 fully saturated rings. The van der Waals surface area contributed by atoms with Crippen molar-refractivity contribution in [3.05, 3.63) is 66.1 Å². The lowest BCUT2D eigenvalue weighted by atomic mass is 10.1. The molecular weight excluding hydrogens is 312 g/mol. The van der Waals surface area contributed by atoms with Gasteiger partial charge in [0.1, 0.15) is 0 Å². The minimum absolute atomic E-state index is 0.661. The first-order valence-corrected chi connectivity index (χ1v) is 8.70. The zero-order valence-corrected chi connectivity index (χ0v) is 14.4. The second-order valence-corrected chi connectivity index (χ2v) is 6.43. The molecule has 0 bridgehead atoms. The molecule has 128 valence electrons. The van der Waals surface area contributed by atoms with Gasteiger partial charge in [0, 0.05) is 37.4 Å². The summed E-state index contributed by atoms with van der Waals surface area (Å²) in [4.78, 5) is 9.36. The lowest BCUT2D eigenvalue weighted by Gasteiger charge is -2.36. The average molecular weight is 334 g/mol. The van der Waals surface area contributed by atoms with E-state index in [4.69, 9.17) is 4.52 Å². The molecule has 5 heteroatoms. The van der Waals surface area contributed by atoms with Gasteiger partial charge in [0.25, 0.3) is 0 Å². The highest BCUT2D eigenvalue weighted by molar-refractivity contribution is 5.54. The van der Waals surface area contributed by atoms with Crippen LogP contribution in [0.2, 0.25) is 0 Å². The SMILES string of the molecule is Cc1ccccc1N1CCN(Cc2nc(-c3ccccc3)no2)CC1. The molecule has 0 amide bonds. The molecule has 1 aromatic heterocycles. The molecule has 0 spiro atoms. The van der Waals surface area contributed by atoms with Gasteiger partial charge in [-0.25, -0.2) is 0 Å². The number of hydrogen-bond acceptors (Lipinski definition) is 5. The van der Waals surface area contributed by atoms with Crippen molar-refractivity contribution in [3.63, 3.8) is 0 Å². The molecule has 0 radical (unpaired) electrons. The van der Waals surface area contributed by atoms with Crippen molar-refractivity contribution in [1.29, 1.82) is 0 Å². The Kier molecular flexibility index (Phi) is 4.48. The van der Waals surface area contributed by atoms with Gasteiger partial charge in [0.05, 0.1) is 6.54 Å². The minimum Gasteiger partial charge on any atom is -0.369 e. The number of aryl methyl sites for hydroxylation is 1. The zero-order chi connectivity index (χ0) is 17.1. The third kappa shape index (κ3) is 3.56. The molecule has 1 aliphatic heterocycles. The van der Waals surface area contributed by atoms with Crippen LogP contribution in [0.5, 0.6) is 0 Å². The lowest BCUT2D eigenvalue weighted by Crippen LogP contribution is -2.46. The van der Waals surface area contributed by atoms with Gasteiger partial charge in [-0.3, -0.25) is 4.90 Å². The molecule has 0 atom stereocenters. The summed E-state index contributed by atoms with van der Waals surface area (Å²) in [7, 11) is 0. The number of nitrogens with zero attached hydrogens (tertiary/aromatic N) is 4. The molecule has 0 saturated carbocycles. The Hall–Kier alpha value is -2.66. The quantitative estimate of drug-likeness (QED) is 0.732. The van der Waals surface area contributed by atoms with Crippen molar-refractivity contribution in [2.45, 2.75) is 13.5 Å². The van der Waals surface area contributed by atoms with Crippen LogP contribution < -0.4 is 4.90 Å². The van der Waals surface area contributed by atoms with Crippen LogP contribution in [0, 0.1) is 6.92 Å². The fourth-order valence-corrected chi connectivity index (χ4v) is 3.28. The van der Waals surface area contributed by atoms with Crippen molar-refractivity contribution in [3.8, 4) is 11.4 Å². The average Bonchev–Trinajstić information content (AvgIpc) is 3.12. The minimum atomic E-state index is 0.661. The number of piperazine rings is 1. The van der Waals surface area contributed by atoms with Gasteiger partial charge >= 0.3 is 0 Å². The molecule has 0 unspecified atom stereocenters. The van der Waals surface area contributed by atoms with Crippen LogP contribution in [0.25, 0.3) is 11.4 Å². The molecule has 1 saturated heterocycles. The van der Waals surface area contributed by atoms with E-state index in [2.05, 4.69) is 51.1 Å². The summed E-state index contributed by atoms with van der Waals surface area (Å²) in [5.41, 5.74) is 3.66. The Morgan fingerprint density at radius 2 is 1.64 bits per heavy atom. The molecular formula is C20H22N4O. The van der Waals surface area contributed by atoms with Gasteiger partial charge in [-0.05, 0) is 18.6 Å². The third-order valence-corrected chi connectivity index (χ3v) is 4.69. The second kappa shape index (κ2) is 7.07. The van der Waals surface area contributed by atoms with Crippen LogP contribution in [0.15, 0.2) is 59.1 Å². The Bertz CT molecular complexity index is 822. The highest BCUT2D eigenvalue weighted by Crippen LogP contribution is 2.21. The first-order valence-electron chi connectivity index (χ1n) is 8.70. The first kappa shape index (κ1) is 15.8. The monoisotopic (exact) mass is 334 g/mol. The number of rotatable bonds is 4. The van der Waals surface area contributed by atoms with E-state index in [1.54, 1.807) is 0 Å². The molecule has 1 aliphatic rings. The summed E-state index contributed by atoms with van der Waals surface area (Å²) in [5, 5.41) is 4.10. The fourth-order valence-electron chi connectivity index (χ4n) is 3.28. The van der Waals surface area contributed by atoms with Crippen LogP contribution in [-0.4, -0.2) is 41.2 Å². The van der Waals surface area contributed by atoms with E-state index in [0.717, 1.165) is 31.7 Å². The van der Waals surface area contributed by atoms with Gasteiger partial charge in [-0.2, -0.15) is 4.98 Å². The summed E-state index contributed by atoms with van der Waals surface area (Å²) < 4.78 is 5.44. The maximum absolute atomic E-state index is 5.44.